The number of hydrogen-bond acceptors (Lipinski definition) is 3. The van der Waals surface area contributed by atoms with E-state index < -0.39 is 11.2 Å². The fourth-order valence-electron chi connectivity index (χ4n) is 3.70. The molecule has 2 atom stereocenters. The summed E-state index contributed by atoms with van der Waals surface area (Å²) in [6, 6.07) is 0. The molecular weight excluding hydrogens is 242 g/mol. The third-order valence-electron chi connectivity index (χ3n) is 4.63. The number of hydrogen-bond donors (Lipinski definition) is 1. The predicted molar refractivity (Wildman–Crippen MR) is 73.8 cm³/mol. The van der Waals surface area contributed by atoms with Gasteiger partial charge in [-0.2, -0.15) is 0 Å². The highest BCUT2D eigenvalue weighted by molar-refractivity contribution is 5.68. The van der Waals surface area contributed by atoms with E-state index in [9.17, 15) is 9.90 Å². The van der Waals surface area contributed by atoms with E-state index in [4.69, 9.17) is 4.74 Å². The van der Waals surface area contributed by atoms with E-state index in [1.807, 2.05) is 20.8 Å². The molecule has 2 rings (SSSR count). The van der Waals surface area contributed by atoms with Crippen LogP contribution in [0.2, 0.25) is 0 Å². The molecular formula is C15H27NO3. The van der Waals surface area contributed by atoms with E-state index in [1.165, 1.54) is 0 Å². The highest BCUT2D eigenvalue weighted by Crippen LogP contribution is 2.49. The van der Waals surface area contributed by atoms with Crippen LogP contribution in [0.3, 0.4) is 0 Å². The SMILES string of the molecule is CC(C)C1(O)C2CCC1CN(C(=O)OC(C)(C)C)C2. The first-order valence-electron chi connectivity index (χ1n) is 7.35. The first kappa shape index (κ1) is 14.6. The zero-order valence-electron chi connectivity index (χ0n) is 12.8. The lowest BCUT2D eigenvalue weighted by Crippen LogP contribution is -2.58. The van der Waals surface area contributed by atoms with Gasteiger partial charge in [-0.15, -0.1) is 0 Å². The maximum absolute atomic E-state index is 12.1. The van der Waals surface area contributed by atoms with Crippen molar-refractivity contribution >= 4 is 6.09 Å². The van der Waals surface area contributed by atoms with Gasteiger partial charge in [0.15, 0.2) is 0 Å². The Labute approximate surface area is 116 Å². The second kappa shape index (κ2) is 4.65. The summed E-state index contributed by atoms with van der Waals surface area (Å²) in [5, 5.41) is 10.9. The van der Waals surface area contributed by atoms with E-state index in [0.29, 0.717) is 13.1 Å². The van der Waals surface area contributed by atoms with Crippen LogP contribution in [0.4, 0.5) is 4.79 Å². The Hall–Kier alpha value is -0.770. The monoisotopic (exact) mass is 269 g/mol. The molecule has 0 radical (unpaired) electrons. The molecule has 1 saturated heterocycles. The third kappa shape index (κ3) is 2.60. The van der Waals surface area contributed by atoms with Crippen LogP contribution >= 0.6 is 0 Å². The van der Waals surface area contributed by atoms with E-state index >= 15 is 0 Å². The Balaban J connectivity index is 2.07. The number of aliphatic hydroxyl groups is 1. The fraction of sp³-hybridized carbons (Fsp3) is 0.933. The molecule has 1 N–H and O–H groups in total. The average molecular weight is 269 g/mol. The summed E-state index contributed by atoms with van der Waals surface area (Å²) in [4.78, 5) is 13.9. The van der Waals surface area contributed by atoms with E-state index in [1.54, 1.807) is 4.90 Å². The van der Waals surface area contributed by atoms with Crippen molar-refractivity contribution in [3.63, 3.8) is 0 Å². The predicted octanol–water partition coefficient (Wildman–Crippen LogP) is 2.65. The first-order valence-corrected chi connectivity index (χ1v) is 7.35. The molecule has 1 heterocycles. The normalized spacial score (nSPS) is 34.8. The van der Waals surface area contributed by atoms with E-state index in [-0.39, 0.29) is 23.8 Å². The Morgan fingerprint density at radius 1 is 1.26 bits per heavy atom. The number of fused-ring (bicyclic) bond motifs is 2. The quantitative estimate of drug-likeness (QED) is 0.796. The summed E-state index contributed by atoms with van der Waals surface area (Å²) in [6.45, 7) is 11.1. The standard InChI is InChI=1S/C15H27NO3/c1-10(2)15(18)11-6-7-12(15)9-16(8-11)13(17)19-14(3,4)5/h10-12,18H,6-9H2,1-5H3. The van der Waals surface area contributed by atoms with Crippen molar-refractivity contribution < 1.29 is 14.6 Å². The number of ether oxygens (including phenoxy) is 1. The molecule has 4 nitrogen and oxygen atoms in total. The van der Waals surface area contributed by atoms with Crippen molar-refractivity contribution in [2.75, 3.05) is 13.1 Å². The number of piperidine rings is 1. The Morgan fingerprint density at radius 3 is 2.11 bits per heavy atom. The number of rotatable bonds is 1. The summed E-state index contributed by atoms with van der Waals surface area (Å²) in [5.41, 5.74) is -1.06. The first-order chi connectivity index (χ1) is 8.64. The molecule has 1 aliphatic carbocycles. The molecule has 1 aliphatic heterocycles. The van der Waals surface area contributed by atoms with Crippen LogP contribution in [0.5, 0.6) is 0 Å². The molecule has 2 bridgehead atoms. The second-order valence-electron chi connectivity index (χ2n) is 7.40. The molecule has 110 valence electrons. The smallest absolute Gasteiger partial charge is 0.410 e. The highest BCUT2D eigenvalue weighted by Gasteiger charge is 2.55. The van der Waals surface area contributed by atoms with Crippen molar-refractivity contribution in [1.29, 1.82) is 0 Å². The van der Waals surface area contributed by atoms with Crippen molar-refractivity contribution in [1.82, 2.24) is 4.90 Å². The van der Waals surface area contributed by atoms with Gasteiger partial charge in [0, 0.05) is 24.9 Å². The Kier molecular flexibility index (Phi) is 3.58. The van der Waals surface area contributed by atoms with Gasteiger partial charge >= 0.3 is 6.09 Å². The maximum Gasteiger partial charge on any atom is 0.410 e. The minimum Gasteiger partial charge on any atom is -0.444 e. The maximum atomic E-state index is 12.1. The highest BCUT2D eigenvalue weighted by atomic mass is 16.6. The minimum atomic E-state index is -0.599. The molecule has 1 amide bonds. The van der Waals surface area contributed by atoms with Crippen LogP contribution in [0, 0.1) is 17.8 Å². The molecule has 0 spiro atoms. The van der Waals surface area contributed by atoms with Gasteiger partial charge in [0.1, 0.15) is 5.60 Å². The van der Waals surface area contributed by atoms with Gasteiger partial charge in [0.2, 0.25) is 0 Å². The Morgan fingerprint density at radius 2 is 1.74 bits per heavy atom. The van der Waals surface area contributed by atoms with Gasteiger partial charge < -0.3 is 14.7 Å². The van der Waals surface area contributed by atoms with Gasteiger partial charge in [-0.3, -0.25) is 0 Å². The number of likely N-dealkylation sites (tertiary alicyclic amines) is 1. The number of nitrogens with zero attached hydrogens (tertiary/aromatic N) is 1. The molecule has 4 heteroatoms. The van der Waals surface area contributed by atoms with Crippen molar-refractivity contribution in [3.8, 4) is 0 Å². The van der Waals surface area contributed by atoms with Gasteiger partial charge in [0.05, 0.1) is 5.60 Å². The topological polar surface area (TPSA) is 49.8 Å². The van der Waals surface area contributed by atoms with Crippen LogP contribution in [-0.4, -0.2) is 40.4 Å². The van der Waals surface area contributed by atoms with E-state index in [0.717, 1.165) is 12.8 Å². The van der Waals surface area contributed by atoms with Crippen LogP contribution in [0.25, 0.3) is 0 Å². The Bertz CT molecular complexity index is 345. The van der Waals surface area contributed by atoms with Crippen LogP contribution in [0.1, 0.15) is 47.5 Å². The number of carbonyl (C=O) groups is 1. The van der Waals surface area contributed by atoms with Gasteiger partial charge in [-0.25, -0.2) is 4.79 Å². The molecule has 0 aromatic rings. The molecule has 2 aliphatic rings. The molecule has 2 fully saturated rings. The van der Waals surface area contributed by atoms with Crippen molar-refractivity contribution in [3.05, 3.63) is 0 Å². The number of amides is 1. The summed E-state index contributed by atoms with van der Waals surface area (Å²) in [7, 11) is 0. The summed E-state index contributed by atoms with van der Waals surface area (Å²) in [5.74, 6) is 0.628. The third-order valence-corrected chi connectivity index (χ3v) is 4.63. The van der Waals surface area contributed by atoms with Gasteiger partial charge in [0.25, 0.3) is 0 Å². The summed E-state index contributed by atoms with van der Waals surface area (Å²) < 4.78 is 5.44. The van der Waals surface area contributed by atoms with Crippen LogP contribution in [0.15, 0.2) is 0 Å². The molecule has 0 aromatic heterocycles. The largest absolute Gasteiger partial charge is 0.444 e. The average Bonchev–Trinajstić information content (AvgIpc) is 2.48. The van der Waals surface area contributed by atoms with Gasteiger partial charge in [-0.05, 0) is 39.5 Å². The lowest BCUT2D eigenvalue weighted by molar-refractivity contribution is -0.114. The lowest BCUT2D eigenvalue weighted by atomic mass is 9.73. The zero-order chi connectivity index (χ0) is 14.4. The van der Waals surface area contributed by atoms with Gasteiger partial charge in [-0.1, -0.05) is 13.8 Å². The zero-order valence-corrected chi connectivity index (χ0v) is 12.8. The van der Waals surface area contributed by atoms with Crippen LogP contribution < -0.4 is 0 Å². The number of carbonyl (C=O) groups excluding carboxylic acids is 1. The van der Waals surface area contributed by atoms with Crippen molar-refractivity contribution in [2.24, 2.45) is 17.8 Å². The minimum absolute atomic E-state index is 0.193. The molecule has 1 saturated carbocycles. The molecule has 0 aromatic carbocycles. The summed E-state index contributed by atoms with van der Waals surface area (Å²) >= 11 is 0. The van der Waals surface area contributed by atoms with Crippen molar-refractivity contribution in [2.45, 2.75) is 58.7 Å². The second-order valence-corrected chi connectivity index (χ2v) is 7.40. The molecule has 19 heavy (non-hydrogen) atoms. The molecule has 2 unspecified atom stereocenters. The lowest BCUT2D eigenvalue weighted by Gasteiger charge is -2.46. The van der Waals surface area contributed by atoms with E-state index in [2.05, 4.69) is 13.8 Å². The fourth-order valence-corrected chi connectivity index (χ4v) is 3.70. The van der Waals surface area contributed by atoms with Crippen LogP contribution in [-0.2, 0) is 4.74 Å². The summed E-state index contributed by atoms with van der Waals surface area (Å²) in [6.07, 6.45) is 1.78.